The first-order valence-electron chi connectivity index (χ1n) is 8.05. The molecule has 0 unspecified atom stereocenters. The SMILES string of the molecule is COc1cc(-c2nc3scc(-c4cccc(Br)c4)n3n2)cc(OC)c1OC. The van der Waals surface area contributed by atoms with E-state index in [1.54, 1.807) is 32.7 Å². The van der Waals surface area contributed by atoms with Crippen molar-refractivity contribution in [3.63, 3.8) is 0 Å². The standard InChI is InChI=1S/C19H16BrN3O3S/c1-24-15-8-12(9-16(25-2)17(15)26-3)18-21-19-23(22-18)14(10-27-19)11-5-4-6-13(20)7-11/h4-10H,1-3H3. The Kier molecular flexibility index (Phi) is 4.75. The van der Waals surface area contributed by atoms with E-state index >= 15 is 0 Å². The molecule has 2 aromatic carbocycles. The Bertz CT molecular complexity index is 1100. The molecule has 0 radical (unpaired) electrons. The number of hydrogen-bond donors (Lipinski definition) is 0. The van der Waals surface area contributed by atoms with E-state index in [1.165, 1.54) is 0 Å². The number of aromatic nitrogens is 3. The second-order valence-corrected chi connectivity index (χ2v) is 7.43. The zero-order chi connectivity index (χ0) is 19.0. The highest BCUT2D eigenvalue weighted by Gasteiger charge is 2.18. The second kappa shape index (κ2) is 7.21. The van der Waals surface area contributed by atoms with Gasteiger partial charge in [0.15, 0.2) is 17.3 Å². The van der Waals surface area contributed by atoms with Gasteiger partial charge in [0.2, 0.25) is 10.7 Å². The molecule has 2 heterocycles. The van der Waals surface area contributed by atoms with E-state index in [9.17, 15) is 0 Å². The van der Waals surface area contributed by atoms with Crippen molar-refractivity contribution in [3.05, 3.63) is 46.3 Å². The van der Waals surface area contributed by atoms with Gasteiger partial charge >= 0.3 is 0 Å². The van der Waals surface area contributed by atoms with Gasteiger partial charge in [-0.1, -0.05) is 28.1 Å². The van der Waals surface area contributed by atoms with Crippen molar-refractivity contribution < 1.29 is 14.2 Å². The first-order chi connectivity index (χ1) is 13.1. The van der Waals surface area contributed by atoms with Crippen LogP contribution in [0.25, 0.3) is 27.6 Å². The van der Waals surface area contributed by atoms with Gasteiger partial charge in [0.05, 0.1) is 27.0 Å². The lowest BCUT2D eigenvalue weighted by Crippen LogP contribution is -1.96. The first kappa shape index (κ1) is 17.8. The van der Waals surface area contributed by atoms with E-state index in [-0.39, 0.29) is 0 Å². The van der Waals surface area contributed by atoms with Gasteiger partial charge in [0.1, 0.15) is 0 Å². The maximum Gasteiger partial charge on any atom is 0.213 e. The van der Waals surface area contributed by atoms with Crippen LogP contribution >= 0.6 is 27.3 Å². The zero-order valence-electron chi connectivity index (χ0n) is 14.9. The molecule has 0 amide bonds. The molecule has 8 heteroatoms. The van der Waals surface area contributed by atoms with Crippen LogP contribution in [0.3, 0.4) is 0 Å². The highest BCUT2D eigenvalue weighted by Crippen LogP contribution is 2.41. The maximum absolute atomic E-state index is 5.43. The Labute approximate surface area is 168 Å². The molecule has 6 nitrogen and oxygen atoms in total. The van der Waals surface area contributed by atoms with Crippen LogP contribution in [-0.4, -0.2) is 35.9 Å². The summed E-state index contributed by atoms with van der Waals surface area (Å²) in [6.45, 7) is 0. The summed E-state index contributed by atoms with van der Waals surface area (Å²) in [5.41, 5.74) is 2.85. The molecule has 2 aromatic heterocycles. The number of thiazole rings is 1. The average Bonchev–Trinajstić information content (AvgIpc) is 3.27. The fourth-order valence-electron chi connectivity index (χ4n) is 2.86. The molecule has 0 aliphatic heterocycles. The molecule has 0 atom stereocenters. The lowest BCUT2D eigenvalue weighted by atomic mass is 10.1. The Morgan fingerprint density at radius 3 is 2.33 bits per heavy atom. The summed E-state index contributed by atoms with van der Waals surface area (Å²) in [4.78, 5) is 5.48. The van der Waals surface area contributed by atoms with E-state index in [0.717, 1.165) is 26.3 Å². The summed E-state index contributed by atoms with van der Waals surface area (Å²) in [7, 11) is 4.76. The predicted molar refractivity (Wildman–Crippen MR) is 109 cm³/mol. The normalized spacial score (nSPS) is 11.0. The van der Waals surface area contributed by atoms with Crippen LogP contribution in [0.5, 0.6) is 17.2 Å². The number of benzene rings is 2. The van der Waals surface area contributed by atoms with Crippen molar-refractivity contribution in [2.24, 2.45) is 0 Å². The Hall–Kier alpha value is -2.58. The van der Waals surface area contributed by atoms with Crippen LogP contribution < -0.4 is 14.2 Å². The molecule has 0 N–H and O–H groups in total. The third-order valence-electron chi connectivity index (χ3n) is 4.12. The quantitative estimate of drug-likeness (QED) is 0.436. The Balaban J connectivity index is 1.84. The first-order valence-corrected chi connectivity index (χ1v) is 9.72. The number of halogens is 1. The summed E-state index contributed by atoms with van der Waals surface area (Å²) < 4.78 is 19.1. The summed E-state index contributed by atoms with van der Waals surface area (Å²) in [6, 6.07) is 11.8. The molecule has 0 saturated heterocycles. The van der Waals surface area contributed by atoms with Crippen molar-refractivity contribution in [1.29, 1.82) is 0 Å². The molecule has 0 aliphatic rings. The number of hydrogen-bond acceptors (Lipinski definition) is 6. The summed E-state index contributed by atoms with van der Waals surface area (Å²) in [5.74, 6) is 2.27. The third kappa shape index (κ3) is 3.15. The minimum Gasteiger partial charge on any atom is -0.493 e. The van der Waals surface area contributed by atoms with Gasteiger partial charge < -0.3 is 14.2 Å². The number of ether oxygens (including phenoxy) is 3. The largest absolute Gasteiger partial charge is 0.493 e. The molecular formula is C19H16BrN3O3S. The van der Waals surface area contributed by atoms with Crippen LogP contribution in [0.15, 0.2) is 46.3 Å². The molecular weight excluding hydrogens is 430 g/mol. The molecule has 27 heavy (non-hydrogen) atoms. The van der Waals surface area contributed by atoms with Gasteiger partial charge in [0.25, 0.3) is 0 Å². The van der Waals surface area contributed by atoms with Crippen LogP contribution in [0.1, 0.15) is 0 Å². The fraction of sp³-hybridized carbons (Fsp3) is 0.158. The molecule has 0 saturated carbocycles. The second-order valence-electron chi connectivity index (χ2n) is 5.68. The van der Waals surface area contributed by atoms with E-state index < -0.39 is 0 Å². The van der Waals surface area contributed by atoms with Crippen molar-refractivity contribution in [1.82, 2.24) is 14.6 Å². The molecule has 0 bridgehead atoms. The van der Waals surface area contributed by atoms with Crippen LogP contribution in [-0.2, 0) is 0 Å². The maximum atomic E-state index is 5.43. The number of fused-ring (bicyclic) bond motifs is 1. The Morgan fingerprint density at radius 1 is 0.963 bits per heavy atom. The lowest BCUT2D eigenvalue weighted by Gasteiger charge is -2.12. The highest BCUT2D eigenvalue weighted by atomic mass is 79.9. The van der Waals surface area contributed by atoms with Gasteiger partial charge in [-0.05, 0) is 24.3 Å². The van der Waals surface area contributed by atoms with Crippen LogP contribution in [0, 0.1) is 0 Å². The van der Waals surface area contributed by atoms with Gasteiger partial charge in [-0.2, -0.15) is 4.98 Å². The number of rotatable bonds is 5. The minimum absolute atomic E-state index is 0.541. The smallest absolute Gasteiger partial charge is 0.213 e. The van der Waals surface area contributed by atoms with Crippen LogP contribution in [0.2, 0.25) is 0 Å². The number of methoxy groups -OCH3 is 3. The monoisotopic (exact) mass is 445 g/mol. The topological polar surface area (TPSA) is 57.9 Å². The molecule has 0 spiro atoms. The zero-order valence-corrected chi connectivity index (χ0v) is 17.3. The fourth-order valence-corrected chi connectivity index (χ4v) is 4.09. The summed E-state index contributed by atoms with van der Waals surface area (Å²) in [6.07, 6.45) is 0. The van der Waals surface area contributed by atoms with E-state index in [2.05, 4.69) is 32.4 Å². The number of nitrogens with zero attached hydrogens (tertiary/aromatic N) is 3. The molecule has 0 fully saturated rings. The molecule has 138 valence electrons. The Morgan fingerprint density at radius 2 is 1.70 bits per heavy atom. The molecule has 4 aromatic rings. The predicted octanol–water partition coefficient (Wildman–Crippen LogP) is 4.91. The summed E-state index contributed by atoms with van der Waals surface area (Å²) in [5, 5.41) is 6.76. The third-order valence-corrected chi connectivity index (χ3v) is 5.43. The van der Waals surface area contributed by atoms with E-state index in [0.29, 0.717) is 23.1 Å². The van der Waals surface area contributed by atoms with Gasteiger partial charge in [-0.3, -0.25) is 0 Å². The molecule has 0 aliphatic carbocycles. The van der Waals surface area contributed by atoms with Crippen molar-refractivity contribution in [3.8, 4) is 39.9 Å². The van der Waals surface area contributed by atoms with Gasteiger partial charge in [-0.15, -0.1) is 16.4 Å². The average molecular weight is 446 g/mol. The van der Waals surface area contributed by atoms with Crippen molar-refractivity contribution in [2.75, 3.05) is 21.3 Å². The van der Waals surface area contributed by atoms with Crippen molar-refractivity contribution >= 4 is 32.2 Å². The van der Waals surface area contributed by atoms with Crippen LogP contribution in [0.4, 0.5) is 0 Å². The lowest BCUT2D eigenvalue weighted by molar-refractivity contribution is 0.324. The van der Waals surface area contributed by atoms with E-state index in [1.807, 2.05) is 34.8 Å². The van der Waals surface area contributed by atoms with Gasteiger partial charge in [0, 0.05) is 21.0 Å². The van der Waals surface area contributed by atoms with E-state index in [4.69, 9.17) is 19.3 Å². The van der Waals surface area contributed by atoms with Crippen molar-refractivity contribution in [2.45, 2.75) is 0 Å². The summed E-state index contributed by atoms with van der Waals surface area (Å²) >= 11 is 5.06. The van der Waals surface area contributed by atoms with Gasteiger partial charge in [-0.25, -0.2) is 4.52 Å². The minimum atomic E-state index is 0.541. The molecule has 4 rings (SSSR count). The highest BCUT2D eigenvalue weighted by molar-refractivity contribution is 9.10.